The van der Waals surface area contributed by atoms with Gasteiger partial charge in [-0.1, -0.05) is 0 Å². The Morgan fingerprint density at radius 3 is 2.42 bits per heavy atom. The maximum atomic E-state index is 11.6. The van der Waals surface area contributed by atoms with Crippen molar-refractivity contribution < 1.29 is 19.0 Å². The Balaban J connectivity index is 3.19. The Labute approximate surface area is 113 Å². The fourth-order valence-corrected chi connectivity index (χ4v) is 1.93. The van der Waals surface area contributed by atoms with Gasteiger partial charge in [-0.2, -0.15) is 0 Å². The van der Waals surface area contributed by atoms with Gasteiger partial charge in [0.1, 0.15) is 11.5 Å². The summed E-state index contributed by atoms with van der Waals surface area (Å²) in [6, 6.07) is 5.52. The first-order chi connectivity index (χ1) is 9.00. The van der Waals surface area contributed by atoms with Crippen LogP contribution < -0.4 is 14.8 Å². The lowest BCUT2D eigenvalue weighted by Gasteiger charge is -2.30. The predicted molar refractivity (Wildman–Crippen MR) is 72.6 cm³/mol. The molecular weight excluding hydrogens is 246 g/mol. The Kier molecular flexibility index (Phi) is 5.18. The topological polar surface area (TPSA) is 56.8 Å². The van der Waals surface area contributed by atoms with Gasteiger partial charge in [0.25, 0.3) is 0 Å². The lowest BCUT2D eigenvalue weighted by atomic mass is 9.88. The van der Waals surface area contributed by atoms with Gasteiger partial charge in [0.2, 0.25) is 0 Å². The van der Waals surface area contributed by atoms with Crippen molar-refractivity contribution in [2.24, 2.45) is 0 Å². The third-order valence-electron chi connectivity index (χ3n) is 3.28. The van der Waals surface area contributed by atoms with Gasteiger partial charge in [0.15, 0.2) is 0 Å². The number of methoxy groups -OCH3 is 3. The molecule has 106 valence electrons. The number of hydrogen-bond acceptors (Lipinski definition) is 5. The van der Waals surface area contributed by atoms with Gasteiger partial charge < -0.3 is 19.5 Å². The Morgan fingerprint density at radius 2 is 1.95 bits per heavy atom. The Bertz CT molecular complexity index is 447. The zero-order valence-corrected chi connectivity index (χ0v) is 12.1. The van der Waals surface area contributed by atoms with Gasteiger partial charge in [-0.3, -0.25) is 4.79 Å². The number of carbonyl (C=O) groups excluding carboxylic acids is 1. The Hall–Kier alpha value is -1.75. The van der Waals surface area contributed by atoms with E-state index < -0.39 is 5.54 Å². The summed E-state index contributed by atoms with van der Waals surface area (Å²) in [6.07, 6.45) is 0.211. The monoisotopic (exact) mass is 267 g/mol. The first-order valence-corrected chi connectivity index (χ1v) is 5.99. The van der Waals surface area contributed by atoms with Crippen LogP contribution in [0.1, 0.15) is 18.9 Å². The zero-order chi connectivity index (χ0) is 14.5. The highest BCUT2D eigenvalue weighted by atomic mass is 16.5. The van der Waals surface area contributed by atoms with Crippen LogP contribution in [0, 0.1) is 0 Å². The van der Waals surface area contributed by atoms with Crippen molar-refractivity contribution >= 4 is 5.97 Å². The number of carbonyl (C=O) groups is 1. The van der Waals surface area contributed by atoms with E-state index >= 15 is 0 Å². The third-order valence-corrected chi connectivity index (χ3v) is 3.28. The summed E-state index contributed by atoms with van der Waals surface area (Å²) in [7, 11) is 6.36. The molecule has 19 heavy (non-hydrogen) atoms. The van der Waals surface area contributed by atoms with E-state index in [0.29, 0.717) is 11.5 Å². The molecule has 0 radical (unpaired) electrons. The SMILES string of the molecule is CNC(C)(CC(=O)OC)c1ccc(OC)cc1OC. The van der Waals surface area contributed by atoms with Gasteiger partial charge in [-0.05, 0) is 26.1 Å². The average Bonchev–Trinajstić information content (AvgIpc) is 2.45. The number of rotatable bonds is 6. The van der Waals surface area contributed by atoms with Crippen LogP contribution in [0.3, 0.4) is 0 Å². The molecule has 0 aliphatic rings. The molecule has 5 heteroatoms. The molecule has 0 aliphatic heterocycles. The van der Waals surface area contributed by atoms with Crippen molar-refractivity contribution in [1.29, 1.82) is 0 Å². The highest BCUT2D eigenvalue weighted by Crippen LogP contribution is 2.35. The van der Waals surface area contributed by atoms with Crippen molar-refractivity contribution in [2.45, 2.75) is 18.9 Å². The minimum absolute atomic E-state index is 0.211. The minimum Gasteiger partial charge on any atom is -0.497 e. The Morgan fingerprint density at radius 1 is 1.26 bits per heavy atom. The molecule has 1 rings (SSSR count). The molecule has 0 spiro atoms. The fourth-order valence-electron chi connectivity index (χ4n) is 1.93. The molecule has 1 atom stereocenters. The smallest absolute Gasteiger partial charge is 0.307 e. The van der Waals surface area contributed by atoms with Gasteiger partial charge in [-0.25, -0.2) is 0 Å². The zero-order valence-electron chi connectivity index (χ0n) is 12.1. The quantitative estimate of drug-likeness (QED) is 0.795. The summed E-state index contributed by atoms with van der Waals surface area (Å²) in [4.78, 5) is 11.6. The number of ether oxygens (including phenoxy) is 3. The normalized spacial score (nSPS) is 13.5. The van der Waals surface area contributed by atoms with Crippen LogP contribution >= 0.6 is 0 Å². The molecule has 0 fully saturated rings. The molecule has 1 aromatic rings. The lowest BCUT2D eigenvalue weighted by Crippen LogP contribution is -2.39. The second-order valence-corrected chi connectivity index (χ2v) is 4.40. The summed E-state index contributed by atoms with van der Waals surface area (Å²) in [6.45, 7) is 1.92. The van der Waals surface area contributed by atoms with Crippen LogP contribution in [-0.2, 0) is 15.1 Å². The van der Waals surface area contributed by atoms with Crippen molar-refractivity contribution in [1.82, 2.24) is 5.32 Å². The molecule has 0 amide bonds. The van der Waals surface area contributed by atoms with Crippen LogP contribution in [0.2, 0.25) is 0 Å². The molecule has 0 aliphatic carbocycles. The van der Waals surface area contributed by atoms with E-state index in [4.69, 9.17) is 14.2 Å². The van der Waals surface area contributed by atoms with E-state index in [2.05, 4.69) is 5.32 Å². The first-order valence-electron chi connectivity index (χ1n) is 5.99. The second kappa shape index (κ2) is 6.43. The summed E-state index contributed by atoms with van der Waals surface area (Å²) >= 11 is 0. The number of benzene rings is 1. The van der Waals surface area contributed by atoms with Crippen molar-refractivity contribution in [3.8, 4) is 11.5 Å². The van der Waals surface area contributed by atoms with Gasteiger partial charge >= 0.3 is 5.97 Å². The molecule has 0 bridgehead atoms. The molecule has 1 unspecified atom stereocenters. The van der Waals surface area contributed by atoms with E-state index in [0.717, 1.165) is 5.56 Å². The van der Waals surface area contributed by atoms with E-state index in [1.54, 1.807) is 27.3 Å². The minimum atomic E-state index is -0.565. The molecular formula is C14H21NO4. The van der Waals surface area contributed by atoms with Crippen LogP contribution in [0.15, 0.2) is 18.2 Å². The van der Waals surface area contributed by atoms with Gasteiger partial charge in [0.05, 0.1) is 33.3 Å². The van der Waals surface area contributed by atoms with Crippen molar-refractivity contribution in [3.63, 3.8) is 0 Å². The molecule has 1 aromatic carbocycles. The van der Waals surface area contributed by atoms with Crippen LogP contribution in [-0.4, -0.2) is 34.3 Å². The summed E-state index contributed by atoms with van der Waals surface area (Å²) in [5.74, 6) is 1.09. The largest absolute Gasteiger partial charge is 0.497 e. The first kappa shape index (κ1) is 15.3. The standard InChI is InChI=1S/C14H21NO4/c1-14(15-2,9-13(16)19-5)11-7-6-10(17-3)8-12(11)18-4/h6-8,15H,9H2,1-5H3. The highest BCUT2D eigenvalue weighted by molar-refractivity contribution is 5.71. The van der Waals surface area contributed by atoms with Crippen LogP contribution in [0.25, 0.3) is 0 Å². The molecule has 1 N–H and O–H groups in total. The maximum Gasteiger partial charge on any atom is 0.307 e. The molecule has 0 saturated carbocycles. The van der Waals surface area contributed by atoms with E-state index in [1.165, 1.54) is 7.11 Å². The third kappa shape index (κ3) is 3.38. The summed E-state index contributed by atoms with van der Waals surface area (Å²) in [5, 5.41) is 3.15. The summed E-state index contributed by atoms with van der Waals surface area (Å²) < 4.78 is 15.3. The average molecular weight is 267 g/mol. The number of hydrogen-bond donors (Lipinski definition) is 1. The second-order valence-electron chi connectivity index (χ2n) is 4.40. The number of nitrogens with one attached hydrogen (secondary N) is 1. The van der Waals surface area contributed by atoms with Crippen molar-refractivity contribution in [2.75, 3.05) is 28.4 Å². The molecule has 5 nitrogen and oxygen atoms in total. The lowest BCUT2D eigenvalue weighted by molar-refractivity contribution is -0.142. The van der Waals surface area contributed by atoms with Gasteiger partial charge in [-0.15, -0.1) is 0 Å². The maximum absolute atomic E-state index is 11.6. The molecule has 0 saturated heterocycles. The molecule has 0 aromatic heterocycles. The fraction of sp³-hybridized carbons (Fsp3) is 0.500. The van der Waals surface area contributed by atoms with Crippen LogP contribution in [0.4, 0.5) is 0 Å². The number of esters is 1. The summed E-state index contributed by atoms with van der Waals surface area (Å²) in [5.41, 5.74) is 0.314. The van der Waals surface area contributed by atoms with E-state index in [9.17, 15) is 4.79 Å². The molecule has 0 heterocycles. The van der Waals surface area contributed by atoms with Crippen molar-refractivity contribution in [3.05, 3.63) is 23.8 Å². The van der Waals surface area contributed by atoms with E-state index in [-0.39, 0.29) is 12.4 Å². The predicted octanol–water partition coefficient (Wildman–Crippen LogP) is 1.70. The van der Waals surface area contributed by atoms with Gasteiger partial charge in [0, 0.05) is 11.6 Å². The highest BCUT2D eigenvalue weighted by Gasteiger charge is 2.31. The van der Waals surface area contributed by atoms with E-state index in [1.807, 2.05) is 19.1 Å². The van der Waals surface area contributed by atoms with Crippen LogP contribution in [0.5, 0.6) is 11.5 Å².